The Hall–Kier alpha value is -1.49. The fraction of sp³-hybridized carbons (Fsp3) is 0.737. The molecule has 1 saturated heterocycles. The molecule has 2 fully saturated rings. The van der Waals surface area contributed by atoms with Crippen molar-refractivity contribution in [3.63, 3.8) is 0 Å². The van der Waals surface area contributed by atoms with Crippen molar-refractivity contribution in [2.24, 2.45) is 5.92 Å². The molecule has 5 nitrogen and oxygen atoms in total. The van der Waals surface area contributed by atoms with E-state index in [-0.39, 0.29) is 5.92 Å². The fourth-order valence-corrected chi connectivity index (χ4v) is 4.44. The summed E-state index contributed by atoms with van der Waals surface area (Å²) in [6, 6.07) is 0. The van der Waals surface area contributed by atoms with E-state index < -0.39 is 0 Å². The van der Waals surface area contributed by atoms with Crippen LogP contribution < -0.4 is 5.32 Å². The van der Waals surface area contributed by atoms with E-state index in [2.05, 4.69) is 15.2 Å². The molecular formula is C19H28N4O. The smallest absolute Gasteiger partial charge is 0.225 e. The molecule has 0 spiro atoms. The van der Waals surface area contributed by atoms with E-state index in [1.807, 2.05) is 6.20 Å². The van der Waals surface area contributed by atoms with Gasteiger partial charge in [0.2, 0.25) is 5.91 Å². The molecule has 0 aromatic carbocycles. The Morgan fingerprint density at radius 1 is 1.17 bits per heavy atom. The van der Waals surface area contributed by atoms with E-state index in [1.165, 1.54) is 30.5 Å². The monoisotopic (exact) mass is 328 g/mol. The number of carbonyl (C=O) groups is 1. The SMILES string of the molecule is O=C(C1CCCCC1)N1CCC[C@@H](c2ncc3c(n2)CCNC3)C1. The minimum Gasteiger partial charge on any atom is -0.342 e. The highest BCUT2D eigenvalue weighted by Gasteiger charge is 2.31. The lowest BCUT2D eigenvalue weighted by molar-refractivity contribution is -0.137. The van der Waals surface area contributed by atoms with Gasteiger partial charge in [-0.2, -0.15) is 0 Å². The zero-order valence-corrected chi connectivity index (χ0v) is 14.5. The van der Waals surface area contributed by atoms with Gasteiger partial charge in [0.25, 0.3) is 0 Å². The van der Waals surface area contributed by atoms with Crippen molar-refractivity contribution in [3.05, 3.63) is 23.3 Å². The number of nitrogens with one attached hydrogen (secondary N) is 1. The Kier molecular flexibility index (Phi) is 4.79. The number of hydrogen-bond acceptors (Lipinski definition) is 4. The second-order valence-corrected chi connectivity index (χ2v) is 7.59. The first kappa shape index (κ1) is 16.0. The predicted octanol–water partition coefficient (Wildman–Crippen LogP) is 2.41. The molecular weight excluding hydrogens is 300 g/mol. The Morgan fingerprint density at radius 3 is 2.92 bits per heavy atom. The number of carbonyl (C=O) groups excluding carboxylic acids is 1. The number of amides is 1. The third-order valence-electron chi connectivity index (χ3n) is 5.88. The third-order valence-corrected chi connectivity index (χ3v) is 5.88. The van der Waals surface area contributed by atoms with Crippen LogP contribution in [0, 0.1) is 5.92 Å². The maximum absolute atomic E-state index is 12.8. The van der Waals surface area contributed by atoms with Crippen LogP contribution in [0.3, 0.4) is 0 Å². The molecule has 24 heavy (non-hydrogen) atoms. The number of aromatic nitrogens is 2. The van der Waals surface area contributed by atoms with Crippen LogP contribution >= 0.6 is 0 Å². The van der Waals surface area contributed by atoms with Crippen LogP contribution in [0.4, 0.5) is 0 Å². The van der Waals surface area contributed by atoms with Crippen LogP contribution in [0.2, 0.25) is 0 Å². The number of piperidine rings is 1. The van der Waals surface area contributed by atoms with E-state index >= 15 is 0 Å². The lowest BCUT2D eigenvalue weighted by atomic mass is 9.87. The van der Waals surface area contributed by atoms with E-state index in [0.717, 1.165) is 64.1 Å². The van der Waals surface area contributed by atoms with Crippen molar-refractivity contribution in [2.75, 3.05) is 19.6 Å². The molecule has 0 radical (unpaired) electrons. The van der Waals surface area contributed by atoms with Gasteiger partial charge in [0.15, 0.2) is 0 Å². The first-order valence-electron chi connectivity index (χ1n) is 9.65. The Labute approximate surface area is 144 Å². The molecule has 130 valence electrons. The highest BCUT2D eigenvalue weighted by molar-refractivity contribution is 5.79. The van der Waals surface area contributed by atoms with E-state index in [1.54, 1.807) is 0 Å². The van der Waals surface area contributed by atoms with Crippen molar-refractivity contribution in [1.29, 1.82) is 0 Å². The summed E-state index contributed by atoms with van der Waals surface area (Å²) in [6.45, 7) is 3.61. The number of rotatable bonds is 2. The maximum atomic E-state index is 12.8. The molecule has 0 unspecified atom stereocenters. The molecule has 1 N–H and O–H groups in total. The Bertz CT molecular complexity index is 597. The summed E-state index contributed by atoms with van der Waals surface area (Å²) in [5, 5.41) is 3.37. The largest absolute Gasteiger partial charge is 0.342 e. The van der Waals surface area contributed by atoms with Crippen LogP contribution in [0.5, 0.6) is 0 Å². The molecule has 2 aliphatic heterocycles. The topological polar surface area (TPSA) is 58.1 Å². The Morgan fingerprint density at radius 2 is 2.04 bits per heavy atom. The maximum Gasteiger partial charge on any atom is 0.225 e. The summed E-state index contributed by atoms with van der Waals surface area (Å²) in [6.07, 6.45) is 11.1. The average molecular weight is 328 g/mol. The van der Waals surface area contributed by atoms with E-state index in [9.17, 15) is 4.79 Å². The summed E-state index contributed by atoms with van der Waals surface area (Å²) in [5.41, 5.74) is 2.44. The van der Waals surface area contributed by atoms with Crippen molar-refractivity contribution < 1.29 is 4.79 Å². The second-order valence-electron chi connectivity index (χ2n) is 7.59. The summed E-state index contributed by atoms with van der Waals surface area (Å²) < 4.78 is 0. The van der Waals surface area contributed by atoms with Gasteiger partial charge >= 0.3 is 0 Å². The number of hydrogen-bond donors (Lipinski definition) is 1. The molecule has 3 aliphatic rings. The first-order valence-corrected chi connectivity index (χ1v) is 9.65. The van der Waals surface area contributed by atoms with Crippen molar-refractivity contribution >= 4 is 5.91 Å². The average Bonchev–Trinajstić information content (AvgIpc) is 2.68. The summed E-state index contributed by atoms with van der Waals surface area (Å²) >= 11 is 0. The minimum atomic E-state index is 0.271. The van der Waals surface area contributed by atoms with Gasteiger partial charge in [0.05, 0.1) is 0 Å². The van der Waals surface area contributed by atoms with Gasteiger partial charge in [-0.05, 0) is 25.7 Å². The lowest BCUT2D eigenvalue weighted by Crippen LogP contribution is -2.43. The van der Waals surface area contributed by atoms with E-state index in [4.69, 9.17) is 4.98 Å². The van der Waals surface area contributed by atoms with Crippen LogP contribution in [-0.4, -0.2) is 40.4 Å². The number of likely N-dealkylation sites (tertiary alicyclic amines) is 1. The summed E-state index contributed by atoms with van der Waals surface area (Å²) in [7, 11) is 0. The predicted molar refractivity (Wildman–Crippen MR) is 92.6 cm³/mol. The third kappa shape index (κ3) is 3.32. The molecule has 1 aliphatic carbocycles. The van der Waals surface area contributed by atoms with Crippen molar-refractivity contribution in [1.82, 2.24) is 20.2 Å². The van der Waals surface area contributed by atoms with Crippen molar-refractivity contribution in [3.8, 4) is 0 Å². The molecule has 1 amide bonds. The van der Waals surface area contributed by atoms with Gasteiger partial charge in [-0.3, -0.25) is 4.79 Å². The standard InChI is InChI=1S/C19H28N4O/c24-19(14-5-2-1-3-6-14)23-10-4-7-15(13-23)18-21-12-16-11-20-9-8-17(16)22-18/h12,14-15,20H,1-11,13H2/t15-/m1/s1. The highest BCUT2D eigenvalue weighted by Crippen LogP contribution is 2.30. The molecule has 0 bridgehead atoms. The fourth-order valence-electron chi connectivity index (χ4n) is 4.44. The number of nitrogens with zero attached hydrogens (tertiary/aromatic N) is 3. The lowest BCUT2D eigenvalue weighted by Gasteiger charge is -2.35. The van der Waals surface area contributed by atoms with Crippen LogP contribution in [-0.2, 0) is 17.8 Å². The van der Waals surface area contributed by atoms with Gasteiger partial charge in [0, 0.05) is 61.9 Å². The minimum absolute atomic E-state index is 0.271. The van der Waals surface area contributed by atoms with Gasteiger partial charge in [-0.15, -0.1) is 0 Å². The molecule has 4 rings (SSSR count). The van der Waals surface area contributed by atoms with Crippen LogP contribution in [0.25, 0.3) is 0 Å². The van der Waals surface area contributed by atoms with E-state index in [0.29, 0.717) is 11.8 Å². The Balaban J connectivity index is 1.45. The zero-order chi connectivity index (χ0) is 16.4. The van der Waals surface area contributed by atoms with Crippen LogP contribution in [0.15, 0.2) is 6.20 Å². The number of fused-ring (bicyclic) bond motifs is 1. The molecule has 3 heterocycles. The van der Waals surface area contributed by atoms with Crippen molar-refractivity contribution in [2.45, 2.75) is 63.8 Å². The molecule has 1 aromatic rings. The first-order chi connectivity index (χ1) is 11.8. The molecule has 1 atom stereocenters. The molecule has 1 saturated carbocycles. The van der Waals surface area contributed by atoms with Gasteiger partial charge < -0.3 is 10.2 Å². The molecule has 5 heteroatoms. The normalized spacial score (nSPS) is 25.3. The second kappa shape index (κ2) is 7.18. The van der Waals surface area contributed by atoms with Crippen LogP contribution in [0.1, 0.15) is 67.9 Å². The zero-order valence-electron chi connectivity index (χ0n) is 14.5. The molecule has 1 aromatic heterocycles. The quantitative estimate of drug-likeness (QED) is 0.906. The summed E-state index contributed by atoms with van der Waals surface area (Å²) in [4.78, 5) is 24.4. The van der Waals surface area contributed by atoms with Gasteiger partial charge in [0.1, 0.15) is 5.82 Å². The summed E-state index contributed by atoms with van der Waals surface area (Å²) in [5.74, 6) is 1.93. The highest BCUT2D eigenvalue weighted by atomic mass is 16.2. The van der Waals surface area contributed by atoms with Gasteiger partial charge in [-0.25, -0.2) is 9.97 Å². The van der Waals surface area contributed by atoms with Gasteiger partial charge in [-0.1, -0.05) is 19.3 Å².